The van der Waals surface area contributed by atoms with E-state index in [1.807, 2.05) is 0 Å². The maximum Gasteiger partial charge on any atom is 0.123 e. The van der Waals surface area contributed by atoms with Crippen molar-refractivity contribution in [3.63, 3.8) is 0 Å². The number of nitrogens with zero attached hydrogens (tertiary/aromatic N) is 1. The summed E-state index contributed by atoms with van der Waals surface area (Å²) in [6, 6.07) is 4.89. The molecule has 0 radical (unpaired) electrons. The molecule has 3 rings (SSSR count). The fourth-order valence-electron chi connectivity index (χ4n) is 4.25. The molecule has 0 saturated carbocycles. The van der Waals surface area contributed by atoms with Crippen LogP contribution in [0.5, 0.6) is 0 Å². The number of aliphatic hydroxyl groups is 1. The number of likely N-dealkylation sites (tertiary alicyclic amines) is 1. The molecule has 1 aliphatic carbocycles. The van der Waals surface area contributed by atoms with E-state index in [2.05, 4.69) is 25.8 Å². The molecule has 1 atom stereocenters. The Labute approximate surface area is 120 Å². The predicted molar refractivity (Wildman–Crippen MR) is 78.0 cm³/mol. The molecule has 1 aromatic carbocycles. The Morgan fingerprint density at radius 3 is 2.55 bits per heavy atom. The van der Waals surface area contributed by atoms with Crippen LogP contribution in [0.3, 0.4) is 0 Å². The van der Waals surface area contributed by atoms with Crippen molar-refractivity contribution < 1.29 is 9.50 Å². The molecule has 0 aromatic heterocycles. The predicted octanol–water partition coefficient (Wildman–Crippen LogP) is 2.94. The van der Waals surface area contributed by atoms with Crippen LogP contribution in [0.15, 0.2) is 18.2 Å². The SMILES string of the molecule is CN1CCC(C2(O)c3ccc(F)cc3CC2(C)C)CC1. The lowest BCUT2D eigenvalue weighted by molar-refractivity contribution is -0.121. The molecule has 3 heteroatoms. The number of fused-ring (bicyclic) bond motifs is 1. The van der Waals surface area contributed by atoms with E-state index in [-0.39, 0.29) is 17.2 Å². The van der Waals surface area contributed by atoms with Gasteiger partial charge in [0.15, 0.2) is 0 Å². The van der Waals surface area contributed by atoms with E-state index in [9.17, 15) is 9.50 Å². The van der Waals surface area contributed by atoms with Crippen molar-refractivity contribution in [3.05, 3.63) is 35.1 Å². The third kappa shape index (κ3) is 1.91. The van der Waals surface area contributed by atoms with Crippen molar-refractivity contribution in [1.29, 1.82) is 0 Å². The Kier molecular flexibility index (Phi) is 3.18. The van der Waals surface area contributed by atoms with Gasteiger partial charge < -0.3 is 10.0 Å². The average molecular weight is 277 g/mol. The highest BCUT2D eigenvalue weighted by atomic mass is 19.1. The summed E-state index contributed by atoms with van der Waals surface area (Å²) in [5, 5.41) is 11.5. The second kappa shape index (κ2) is 4.54. The van der Waals surface area contributed by atoms with Gasteiger partial charge in [-0.05, 0) is 68.6 Å². The van der Waals surface area contributed by atoms with E-state index in [1.165, 1.54) is 6.07 Å². The highest BCUT2D eigenvalue weighted by Gasteiger charge is 2.55. The van der Waals surface area contributed by atoms with Crippen molar-refractivity contribution in [3.8, 4) is 0 Å². The normalized spacial score (nSPS) is 30.4. The quantitative estimate of drug-likeness (QED) is 0.853. The molecule has 2 aliphatic rings. The Morgan fingerprint density at radius 1 is 1.25 bits per heavy atom. The van der Waals surface area contributed by atoms with Crippen LogP contribution in [0.1, 0.15) is 37.8 Å². The molecule has 0 spiro atoms. The maximum absolute atomic E-state index is 13.5. The molecule has 20 heavy (non-hydrogen) atoms. The molecule has 1 heterocycles. The minimum Gasteiger partial charge on any atom is -0.384 e. The largest absolute Gasteiger partial charge is 0.384 e. The fourth-order valence-corrected chi connectivity index (χ4v) is 4.25. The van der Waals surface area contributed by atoms with Crippen LogP contribution in [-0.2, 0) is 12.0 Å². The first kappa shape index (κ1) is 14.0. The number of piperidine rings is 1. The van der Waals surface area contributed by atoms with Crippen LogP contribution in [0, 0.1) is 17.2 Å². The maximum atomic E-state index is 13.5. The Morgan fingerprint density at radius 2 is 1.90 bits per heavy atom. The first-order chi connectivity index (χ1) is 9.34. The molecular formula is C17H24FNO. The van der Waals surface area contributed by atoms with Gasteiger partial charge in [-0.3, -0.25) is 0 Å². The van der Waals surface area contributed by atoms with E-state index in [0.717, 1.165) is 43.5 Å². The van der Waals surface area contributed by atoms with Gasteiger partial charge in [0.1, 0.15) is 5.82 Å². The second-order valence-corrected chi connectivity index (χ2v) is 7.21. The third-order valence-corrected chi connectivity index (χ3v) is 5.45. The topological polar surface area (TPSA) is 23.5 Å². The summed E-state index contributed by atoms with van der Waals surface area (Å²) in [7, 11) is 2.13. The lowest BCUT2D eigenvalue weighted by Gasteiger charge is -2.46. The minimum atomic E-state index is -0.822. The monoisotopic (exact) mass is 277 g/mol. The van der Waals surface area contributed by atoms with E-state index >= 15 is 0 Å². The van der Waals surface area contributed by atoms with E-state index in [4.69, 9.17) is 0 Å². The first-order valence-corrected chi connectivity index (χ1v) is 7.54. The first-order valence-electron chi connectivity index (χ1n) is 7.54. The smallest absolute Gasteiger partial charge is 0.123 e. The number of rotatable bonds is 1. The standard InChI is InChI=1S/C17H24FNO/c1-16(2)11-12-10-14(18)4-5-15(12)17(16,20)13-6-8-19(3)9-7-13/h4-5,10,13,20H,6-9,11H2,1-3H3. The molecule has 0 amide bonds. The fraction of sp³-hybridized carbons (Fsp3) is 0.647. The summed E-state index contributed by atoms with van der Waals surface area (Å²) in [6.07, 6.45) is 2.77. The van der Waals surface area contributed by atoms with Crippen molar-refractivity contribution in [2.75, 3.05) is 20.1 Å². The zero-order valence-corrected chi connectivity index (χ0v) is 12.6. The molecule has 1 unspecified atom stereocenters. The van der Waals surface area contributed by atoms with Crippen LogP contribution in [-0.4, -0.2) is 30.1 Å². The number of hydrogen-bond donors (Lipinski definition) is 1. The van der Waals surface area contributed by atoms with Gasteiger partial charge in [-0.25, -0.2) is 4.39 Å². The minimum absolute atomic E-state index is 0.202. The van der Waals surface area contributed by atoms with E-state index in [0.29, 0.717) is 0 Å². The molecule has 1 N–H and O–H groups in total. The van der Waals surface area contributed by atoms with Crippen molar-refractivity contribution in [2.45, 2.75) is 38.7 Å². The Balaban J connectivity index is 2.02. The van der Waals surface area contributed by atoms with E-state index in [1.54, 1.807) is 12.1 Å². The molecule has 1 fully saturated rings. The molecule has 1 aromatic rings. The summed E-state index contributed by atoms with van der Waals surface area (Å²) < 4.78 is 13.5. The molecule has 1 aliphatic heterocycles. The van der Waals surface area contributed by atoms with Crippen LogP contribution in [0.4, 0.5) is 4.39 Å². The average Bonchev–Trinajstić information content (AvgIpc) is 2.57. The van der Waals surface area contributed by atoms with E-state index < -0.39 is 5.60 Å². The second-order valence-electron chi connectivity index (χ2n) is 7.21. The summed E-state index contributed by atoms with van der Waals surface area (Å²) in [4.78, 5) is 2.31. The van der Waals surface area contributed by atoms with Crippen molar-refractivity contribution in [2.24, 2.45) is 11.3 Å². The summed E-state index contributed by atoms with van der Waals surface area (Å²) in [5.74, 6) is 0.0626. The van der Waals surface area contributed by atoms with Crippen LogP contribution >= 0.6 is 0 Å². The summed E-state index contributed by atoms with van der Waals surface area (Å²) >= 11 is 0. The van der Waals surface area contributed by atoms with Crippen molar-refractivity contribution >= 4 is 0 Å². The highest BCUT2D eigenvalue weighted by molar-refractivity contribution is 5.41. The zero-order valence-electron chi connectivity index (χ0n) is 12.6. The molecule has 110 valence electrons. The van der Waals surface area contributed by atoms with Gasteiger partial charge in [0.05, 0.1) is 5.60 Å². The zero-order chi connectivity index (χ0) is 14.5. The molecule has 1 saturated heterocycles. The van der Waals surface area contributed by atoms with Gasteiger partial charge in [-0.1, -0.05) is 19.9 Å². The van der Waals surface area contributed by atoms with Crippen molar-refractivity contribution in [1.82, 2.24) is 4.90 Å². The van der Waals surface area contributed by atoms with Crippen LogP contribution in [0.25, 0.3) is 0 Å². The third-order valence-electron chi connectivity index (χ3n) is 5.45. The van der Waals surface area contributed by atoms with Gasteiger partial charge in [-0.15, -0.1) is 0 Å². The van der Waals surface area contributed by atoms with Gasteiger partial charge in [0, 0.05) is 5.41 Å². The Hall–Kier alpha value is -0.930. The molecular weight excluding hydrogens is 253 g/mol. The lowest BCUT2D eigenvalue weighted by Crippen LogP contribution is -2.49. The van der Waals surface area contributed by atoms with Gasteiger partial charge >= 0.3 is 0 Å². The molecule has 0 bridgehead atoms. The Bertz CT molecular complexity index is 520. The van der Waals surface area contributed by atoms with Gasteiger partial charge in [-0.2, -0.15) is 0 Å². The summed E-state index contributed by atoms with van der Waals surface area (Å²) in [6.45, 7) is 6.28. The highest BCUT2D eigenvalue weighted by Crippen LogP contribution is 2.56. The van der Waals surface area contributed by atoms with Crippen LogP contribution < -0.4 is 0 Å². The summed E-state index contributed by atoms with van der Waals surface area (Å²) in [5.41, 5.74) is 0.885. The lowest BCUT2D eigenvalue weighted by atomic mass is 9.65. The molecule has 2 nitrogen and oxygen atoms in total. The number of hydrogen-bond acceptors (Lipinski definition) is 2. The van der Waals surface area contributed by atoms with Gasteiger partial charge in [0.25, 0.3) is 0 Å². The number of halogens is 1. The van der Waals surface area contributed by atoms with Gasteiger partial charge in [0.2, 0.25) is 0 Å². The number of benzene rings is 1. The van der Waals surface area contributed by atoms with Crippen LogP contribution in [0.2, 0.25) is 0 Å².